The van der Waals surface area contributed by atoms with E-state index < -0.39 is 0 Å². The maximum atomic E-state index is 12.4. The first-order valence-electron chi connectivity index (χ1n) is 11.1. The number of hydrogen-bond donors (Lipinski definition) is 2. The van der Waals surface area contributed by atoms with Crippen LogP contribution in [0.3, 0.4) is 0 Å². The van der Waals surface area contributed by atoms with Gasteiger partial charge in [0.05, 0.1) is 6.61 Å². The summed E-state index contributed by atoms with van der Waals surface area (Å²) in [6.45, 7) is 11.7. The van der Waals surface area contributed by atoms with Crippen LogP contribution in [0.25, 0.3) is 0 Å². The Labute approximate surface area is 199 Å². The number of carbonyl (C=O) groups excluding carboxylic acids is 2. The van der Waals surface area contributed by atoms with Gasteiger partial charge in [-0.3, -0.25) is 14.6 Å². The molecule has 0 saturated carbocycles. The van der Waals surface area contributed by atoms with Gasteiger partial charge in [-0.05, 0) is 25.7 Å². The molecule has 2 amide bonds. The third kappa shape index (κ3) is 12.6. The topological polar surface area (TPSA) is 86.3 Å². The molecule has 0 atom stereocenters. The van der Waals surface area contributed by atoms with Crippen LogP contribution < -0.4 is 10.6 Å². The fourth-order valence-corrected chi connectivity index (χ4v) is 3.23. The standard InChI is InChI=1S/C21H41N5O3.HI/c1-5-29-16-11-24-21(22-4)23-10-8-6-7-9-19(27)25-12-14-26(15-13-25)20(28)17-18(2)3;/h18H,5-17H2,1-4H3,(H2,22,23,24);1H. The third-order valence-corrected chi connectivity index (χ3v) is 4.89. The summed E-state index contributed by atoms with van der Waals surface area (Å²) in [6, 6.07) is 0. The van der Waals surface area contributed by atoms with Crippen molar-refractivity contribution in [3.05, 3.63) is 0 Å². The number of ether oxygens (including phenoxy) is 1. The van der Waals surface area contributed by atoms with Crippen LogP contribution in [0, 0.1) is 5.92 Å². The number of piperazine rings is 1. The van der Waals surface area contributed by atoms with Gasteiger partial charge in [-0.15, -0.1) is 24.0 Å². The summed E-state index contributed by atoms with van der Waals surface area (Å²) < 4.78 is 5.29. The second kappa shape index (κ2) is 17.6. The summed E-state index contributed by atoms with van der Waals surface area (Å²) in [4.78, 5) is 32.5. The van der Waals surface area contributed by atoms with Gasteiger partial charge in [-0.25, -0.2) is 0 Å². The van der Waals surface area contributed by atoms with Gasteiger partial charge in [0.2, 0.25) is 11.8 Å². The van der Waals surface area contributed by atoms with Crippen LogP contribution in [0.2, 0.25) is 0 Å². The normalized spacial score (nSPS) is 14.5. The second-order valence-corrected chi connectivity index (χ2v) is 7.79. The number of hydrogen-bond acceptors (Lipinski definition) is 4. The lowest BCUT2D eigenvalue weighted by molar-refractivity contribution is -0.140. The summed E-state index contributed by atoms with van der Waals surface area (Å²) in [5.41, 5.74) is 0. The molecule has 1 aliphatic rings. The number of rotatable bonds is 12. The molecule has 8 nitrogen and oxygen atoms in total. The Hall–Kier alpha value is -1.10. The molecule has 9 heteroatoms. The highest BCUT2D eigenvalue weighted by Gasteiger charge is 2.23. The lowest BCUT2D eigenvalue weighted by atomic mass is 10.1. The van der Waals surface area contributed by atoms with Crippen LogP contribution >= 0.6 is 24.0 Å². The minimum absolute atomic E-state index is 0. The fraction of sp³-hybridized carbons (Fsp3) is 0.857. The molecule has 1 saturated heterocycles. The van der Waals surface area contributed by atoms with E-state index in [1.54, 1.807) is 7.05 Å². The van der Waals surface area contributed by atoms with Crippen LogP contribution in [-0.2, 0) is 14.3 Å². The van der Waals surface area contributed by atoms with Crippen molar-refractivity contribution >= 4 is 41.8 Å². The molecule has 1 rings (SSSR count). The molecular formula is C21H42IN5O3. The zero-order valence-corrected chi connectivity index (χ0v) is 21.6. The number of aliphatic imine (C=N–C) groups is 1. The maximum absolute atomic E-state index is 12.4. The molecule has 176 valence electrons. The number of unbranched alkanes of at least 4 members (excludes halogenated alkanes) is 2. The Bertz CT molecular complexity index is 509. The van der Waals surface area contributed by atoms with Crippen LogP contribution in [0.1, 0.15) is 52.9 Å². The first-order chi connectivity index (χ1) is 14.0. The lowest BCUT2D eigenvalue weighted by Gasteiger charge is -2.35. The average Bonchev–Trinajstić information content (AvgIpc) is 2.71. The minimum Gasteiger partial charge on any atom is -0.380 e. The van der Waals surface area contributed by atoms with Crippen molar-refractivity contribution in [2.75, 3.05) is 59.5 Å². The smallest absolute Gasteiger partial charge is 0.222 e. The van der Waals surface area contributed by atoms with Crippen LogP contribution in [-0.4, -0.2) is 87.1 Å². The van der Waals surface area contributed by atoms with Gasteiger partial charge in [0.25, 0.3) is 0 Å². The molecule has 0 bridgehead atoms. The molecule has 0 aromatic rings. The highest BCUT2D eigenvalue weighted by Crippen LogP contribution is 2.10. The van der Waals surface area contributed by atoms with E-state index in [-0.39, 0.29) is 35.8 Å². The number of halogens is 1. The summed E-state index contributed by atoms with van der Waals surface area (Å²) in [5.74, 6) is 1.58. The molecule has 0 radical (unpaired) electrons. The van der Waals surface area contributed by atoms with E-state index in [1.165, 1.54) is 0 Å². The van der Waals surface area contributed by atoms with Gasteiger partial charge in [0, 0.05) is 65.8 Å². The Morgan fingerprint density at radius 3 is 2.13 bits per heavy atom. The van der Waals surface area contributed by atoms with Gasteiger partial charge in [0.15, 0.2) is 5.96 Å². The summed E-state index contributed by atoms with van der Waals surface area (Å²) in [6.07, 6.45) is 4.07. The Morgan fingerprint density at radius 1 is 0.967 bits per heavy atom. The van der Waals surface area contributed by atoms with E-state index in [1.807, 2.05) is 16.7 Å². The van der Waals surface area contributed by atoms with Crippen molar-refractivity contribution in [2.24, 2.45) is 10.9 Å². The number of amides is 2. The maximum Gasteiger partial charge on any atom is 0.222 e. The number of nitrogens with one attached hydrogen (secondary N) is 2. The predicted molar refractivity (Wildman–Crippen MR) is 132 cm³/mol. The highest BCUT2D eigenvalue weighted by atomic mass is 127. The van der Waals surface area contributed by atoms with E-state index in [9.17, 15) is 9.59 Å². The van der Waals surface area contributed by atoms with Gasteiger partial charge < -0.3 is 25.2 Å². The molecule has 1 aliphatic heterocycles. The molecule has 1 fully saturated rings. The van der Waals surface area contributed by atoms with E-state index >= 15 is 0 Å². The van der Waals surface area contributed by atoms with Crippen molar-refractivity contribution in [3.8, 4) is 0 Å². The molecule has 0 unspecified atom stereocenters. The second-order valence-electron chi connectivity index (χ2n) is 7.79. The van der Waals surface area contributed by atoms with E-state index in [0.717, 1.165) is 44.9 Å². The Balaban J connectivity index is 0.00000841. The molecule has 0 aromatic carbocycles. The van der Waals surface area contributed by atoms with Crippen LogP contribution in [0.5, 0.6) is 0 Å². The quantitative estimate of drug-likeness (QED) is 0.172. The van der Waals surface area contributed by atoms with Crippen molar-refractivity contribution in [1.82, 2.24) is 20.4 Å². The first kappa shape index (κ1) is 28.9. The first-order valence-corrected chi connectivity index (χ1v) is 11.1. The van der Waals surface area contributed by atoms with Gasteiger partial charge >= 0.3 is 0 Å². The zero-order valence-electron chi connectivity index (χ0n) is 19.2. The molecule has 2 N–H and O–H groups in total. The third-order valence-electron chi connectivity index (χ3n) is 4.89. The molecule has 0 aliphatic carbocycles. The van der Waals surface area contributed by atoms with Gasteiger partial charge in [-0.1, -0.05) is 20.3 Å². The number of nitrogens with zero attached hydrogens (tertiary/aromatic N) is 3. The molecular weight excluding hydrogens is 497 g/mol. The molecule has 0 spiro atoms. The molecule has 0 aromatic heterocycles. The largest absolute Gasteiger partial charge is 0.380 e. The summed E-state index contributed by atoms with van der Waals surface area (Å²) in [5, 5.41) is 6.48. The Morgan fingerprint density at radius 2 is 1.57 bits per heavy atom. The van der Waals surface area contributed by atoms with Crippen molar-refractivity contribution in [1.29, 1.82) is 0 Å². The molecule has 30 heavy (non-hydrogen) atoms. The average molecular weight is 540 g/mol. The number of guanidine groups is 1. The molecule has 1 heterocycles. The monoisotopic (exact) mass is 539 g/mol. The number of carbonyl (C=O) groups is 2. The fourth-order valence-electron chi connectivity index (χ4n) is 3.23. The summed E-state index contributed by atoms with van der Waals surface area (Å²) >= 11 is 0. The van der Waals surface area contributed by atoms with Crippen LogP contribution in [0.15, 0.2) is 4.99 Å². The van der Waals surface area contributed by atoms with Crippen molar-refractivity contribution in [2.45, 2.75) is 52.9 Å². The minimum atomic E-state index is 0. The highest BCUT2D eigenvalue weighted by molar-refractivity contribution is 14.0. The van der Waals surface area contributed by atoms with Gasteiger partial charge in [0.1, 0.15) is 0 Å². The lowest BCUT2D eigenvalue weighted by Crippen LogP contribution is -2.50. The Kier molecular flexibility index (Phi) is 16.9. The van der Waals surface area contributed by atoms with Crippen molar-refractivity contribution < 1.29 is 14.3 Å². The van der Waals surface area contributed by atoms with E-state index in [2.05, 4.69) is 29.5 Å². The van der Waals surface area contributed by atoms with E-state index in [4.69, 9.17) is 4.74 Å². The predicted octanol–water partition coefficient (Wildman–Crippen LogP) is 2.08. The van der Waals surface area contributed by atoms with Crippen LogP contribution in [0.4, 0.5) is 0 Å². The van der Waals surface area contributed by atoms with Gasteiger partial charge in [-0.2, -0.15) is 0 Å². The van der Waals surface area contributed by atoms with E-state index in [0.29, 0.717) is 51.5 Å². The summed E-state index contributed by atoms with van der Waals surface area (Å²) in [7, 11) is 1.75. The zero-order chi connectivity index (χ0) is 21.5. The SMILES string of the molecule is CCOCCNC(=NC)NCCCCCC(=O)N1CCN(C(=O)CC(C)C)CC1.I. The van der Waals surface area contributed by atoms with Crippen molar-refractivity contribution in [3.63, 3.8) is 0 Å².